The van der Waals surface area contributed by atoms with Crippen molar-refractivity contribution in [2.45, 2.75) is 50.6 Å². The third-order valence-corrected chi connectivity index (χ3v) is 5.20. The smallest absolute Gasteiger partial charge is 0.344 e. The molecule has 0 radical (unpaired) electrons. The lowest BCUT2D eigenvalue weighted by Crippen LogP contribution is -2.53. The Morgan fingerprint density at radius 1 is 1.31 bits per heavy atom. The maximum Gasteiger partial charge on any atom is 0.344 e. The highest BCUT2D eigenvalue weighted by atomic mass is 32.1. The van der Waals surface area contributed by atoms with Crippen LogP contribution in [0, 0.1) is 0 Å². The van der Waals surface area contributed by atoms with Crippen LogP contribution in [-0.2, 0) is 10.3 Å². The lowest BCUT2D eigenvalue weighted by molar-refractivity contribution is -0.132. The van der Waals surface area contributed by atoms with Crippen molar-refractivity contribution >= 4 is 29.3 Å². The van der Waals surface area contributed by atoms with E-state index < -0.39 is 17.5 Å². The summed E-state index contributed by atoms with van der Waals surface area (Å²) in [5, 5.41) is 7.17. The second-order valence-corrected chi connectivity index (χ2v) is 7.26. The number of thiocarbonyl (C=S) groups is 1. The summed E-state index contributed by atoms with van der Waals surface area (Å²) in [6.45, 7) is 1.67. The number of benzene rings is 1. The topological polar surface area (TPSA) is 82.7 Å². The van der Waals surface area contributed by atoms with Crippen LogP contribution in [-0.4, -0.2) is 35.2 Å². The third-order valence-electron chi connectivity index (χ3n) is 4.99. The van der Waals surface area contributed by atoms with Crippen LogP contribution in [0.1, 0.15) is 44.6 Å². The normalized spacial score (nSPS) is 23.5. The fourth-order valence-corrected chi connectivity index (χ4v) is 3.69. The lowest BCUT2D eigenvalue weighted by Gasteiger charge is -2.26. The average molecular weight is 376 g/mol. The molecule has 1 aliphatic carbocycles. The summed E-state index contributed by atoms with van der Waals surface area (Å²) in [6, 6.07) is 6.84. The molecule has 140 valence electrons. The summed E-state index contributed by atoms with van der Waals surface area (Å²) in [6.07, 6.45) is 5.66. The number of nitrogens with zero attached hydrogens (tertiary/aromatic N) is 1. The molecule has 2 fully saturated rings. The van der Waals surface area contributed by atoms with E-state index in [0.717, 1.165) is 30.7 Å². The van der Waals surface area contributed by atoms with Gasteiger partial charge in [-0.05, 0) is 49.7 Å². The molecular weight excluding hydrogens is 352 g/mol. The number of urea groups is 1. The van der Waals surface area contributed by atoms with E-state index in [1.54, 1.807) is 38.3 Å². The minimum Gasteiger partial charge on any atom is -0.497 e. The van der Waals surface area contributed by atoms with E-state index in [4.69, 9.17) is 17.0 Å². The number of carbonyl (C=O) groups excluding carboxylic acids is 2. The van der Waals surface area contributed by atoms with Crippen molar-refractivity contribution < 1.29 is 14.3 Å². The molecule has 1 aliphatic heterocycles. The highest BCUT2D eigenvalue weighted by Crippen LogP contribution is 2.30. The Bertz CT molecular complexity index is 720. The molecule has 1 saturated carbocycles. The number of ether oxygens (including phenoxy) is 1. The molecule has 8 heteroatoms. The second kappa shape index (κ2) is 7.49. The van der Waals surface area contributed by atoms with Crippen molar-refractivity contribution in [3.8, 4) is 5.75 Å². The Labute approximate surface area is 158 Å². The van der Waals surface area contributed by atoms with Crippen molar-refractivity contribution in [1.29, 1.82) is 0 Å². The zero-order chi connectivity index (χ0) is 18.7. The van der Waals surface area contributed by atoms with Crippen LogP contribution in [0.2, 0.25) is 0 Å². The van der Waals surface area contributed by atoms with Gasteiger partial charge in [-0.3, -0.25) is 10.2 Å². The van der Waals surface area contributed by atoms with Gasteiger partial charge >= 0.3 is 6.03 Å². The van der Waals surface area contributed by atoms with Crippen molar-refractivity contribution in [3.05, 3.63) is 29.8 Å². The van der Waals surface area contributed by atoms with Crippen LogP contribution in [0.5, 0.6) is 5.75 Å². The van der Waals surface area contributed by atoms with Gasteiger partial charge in [-0.15, -0.1) is 0 Å². The zero-order valence-corrected chi connectivity index (χ0v) is 15.8. The van der Waals surface area contributed by atoms with E-state index in [2.05, 4.69) is 16.1 Å². The lowest BCUT2D eigenvalue weighted by atomic mass is 9.92. The Balaban J connectivity index is 1.70. The number of hydrogen-bond acceptors (Lipinski definition) is 4. The number of hydrazine groups is 1. The first-order chi connectivity index (χ1) is 12.4. The van der Waals surface area contributed by atoms with Gasteiger partial charge in [0.2, 0.25) is 0 Å². The molecule has 1 aromatic carbocycles. The first-order valence-corrected chi connectivity index (χ1v) is 9.23. The quantitative estimate of drug-likeness (QED) is 0.552. The second-order valence-electron chi connectivity index (χ2n) is 6.85. The molecule has 7 nitrogen and oxygen atoms in total. The van der Waals surface area contributed by atoms with Gasteiger partial charge < -0.3 is 15.4 Å². The van der Waals surface area contributed by atoms with E-state index in [0.29, 0.717) is 11.3 Å². The van der Waals surface area contributed by atoms with Gasteiger partial charge in [0.1, 0.15) is 11.3 Å². The highest BCUT2D eigenvalue weighted by molar-refractivity contribution is 7.80. The van der Waals surface area contributed by atoms with Crippen LogP contribution >= 0.6 is 12.2 Å². The fraction of sp³-hybridized carbons (Fsp3) is 0.500. The number of nitrogens with one attached hydrogen (secondary N) is 3. The Morgan fingerprint density at radius 3 is 2.73 bits per heavy atom. The minimum atomic E-state index is -1.18. The van der Waals surface area contributed by atoms with Crippen LogP contribution in [0.4, 0.5) is 4.79 Å². The summed E-state index contributed by atoms with van der Waals surface area (Å²) < 4.78 is 5.21. The summed E-state index contributed by atoms with van der Waals surface area (Å²) >= 11 is 5.29. The van der Waals surface area contributed by atoms with E-state index in [9.17, 15) is 9.59 Å². The number of imide groups is 1. The van der Waals surface area contributed by atoms with Gasteiger partial charge in [0.05, 0.1) is 7.11 Å². The van der Waals surface area contributed by atoms with Crippen molar-refractivity contribution in [2.24, 2.45) is 0 Å². The van der Waals surface area contributed by atoms with Crippen LogP contribution in [0.15, 0.2) is 24.3 Å². The van der Waals surface area contributed by atoms with E-state index in [1.165, 1.54) is 6.42 Å². The SMILES string of the molecule is COc1cccc(C2(C)NC(=O)N(NC(=S)NC3CCCCC3)C2=O)c1. The number of methoxy groups -OCH3 is 1. The van der Waals surface area contributed by atoms with E-state index >= 15 is 0 Å². The highest BCUT2D eigenvalue weighted by Gasteiger charge is 2.50. The first-order valence-electron chi connectivity index (χ1n) is 8.82. The Kier molecular flexibility index (Phi) is 5.31. The standard InChI is InChI=1S/C18H24N4O3S/c1-18(12-7-6-10-14(11-12)25-2)15(23)22(17(24)20-18)21-16(26)19-13-8-4-3-5-9-13/h6-7,10-11,13H,3-5,8-9H2,1-2H3,(H,20,24)(H2,19,21,26). The molecule has 3 rings (SSSR count). The molecular formula is C18H24N4O3S. The Morgan fingerprint density at radius 2 is 2.04 bits per heavy atom. The summed E-state index contributed by atoms with van der Waals surface area (Å²) in [5.41, 5.74) is 2.20. The average Bonchev–Trinajstić information content (AvgIpc) is 2.87. The van der Waals surface area contributed by atoms with Crippen molar-refractivity contribution in [2.75, 3.05) is 7.11 Å². The molecule has 1 aromatic rings. The third kappa shape index (κ3) is 3.60. The maximum absolute atomic E-state index is 12.9. The van der Waals surface area contributed by atoms with Gasteiger partial charge in [-0.1, -0.05) is 31.4 Å². The molecule has 1 saturated heterocycles. The monoisotopic (exact) mass is 376 g/mol. The predicted octanol–water partition coefficient (Wildman–Crippen LogP) is 2.17. The van der Waals surface area contributed by atoms with Gasteiger partial charge in [0.15, 0.2) is 5.11 Å². The van der Waals surface area contributed by atoms with E-state index in [-0.39, 0.29) is 11.2 Å². The first kappa shape index (κ1) is 18.4. The molecule has 1 unspecified atom stereocenters. The molecule has 26 heavy (non-hydrogen) atoms. The summed E-state index contributed by atoms with van der Waals surface area (Å²) in [5.74, 6) is 0.204. The predicted molar refractivity (Wildman–Crippen MR) is 101 cm³/mol. The number of hydrogen-bond donors (Lipinski definition) is 3. The molecule has 0 bridgehead atoms. The van der Waals surface area contributed by atoms with Gasteiger partial charge in [-0.25, -0.2) is 4.79 Å². The molecule has 0 aromatic heterocycles. The van der Waals surface area contributed by atoms with Crippen LogP contribution in [0.25, 0.3) is 0 Å². The van der Waals surface area contributed by atoms with Gasteiger partial charge in [0, 0.05) is 6.04 Å². The number of amides is 3. The van der Waals surface area contributed by atoms with Crippen LogP contribution in [0.3, 0.4) is 0 Å². The zero-order valence-electron chi connectivity index (χ0n) is 15.0. The minimum absolute atomic E-state index is 0.286. The molecule has 3 amide bonds. The molecule has 1 atom stereocenters. The van der Waals surface area contributed by atoms with E-state index in [1.807, 2.05) is 0 Å². The Hall–Kier alpha value is -2.35. The fourth-order valence-electron chi connectivity index (χ4n) is 3.44. The van der Waals surface area contributed by atoms with Gasteiger partial charge in [-0.2, -0.15) is 5.01 Å². The van der Waals surface area contributed by atoms with Crippen molar-refractivity contribution in [3.63, 3.8) is 0 Å². The van der Waals surface area contributed by atoms with Crippen LogP contribution < -0.4 is 20.8 Å². The number of rotatable bonds is 4. The summed E-state index contributed by atoms with van der Waals surface area (Å²) in [7, 11) is 1.56. The molecule has 1 heterocycles. The molecule has 0 spiro atoms. The molecule has 3 N–H and O–H groups in total. The molecule has 2 aliphatic rings. The van der Waals surface area contributed by atoms with Crippen molar-refractivity contribution in [1.82, 2.24) is 21.1 Å². The largest absolute Gasteiger partial charge is 0.497 e. The number of carbonyl (C=O) groups is 2. The van der Waals surface area contributed by atoms with Gasteiger partial charge in [0.25, 0.3) is 5.91 Å². The summed E-state index contributed by atoms with van der Waals surface area (Å²) in [4.78, 5) is 25.3. The maximum atomic E-state index is 12.9.